The number of aliphatic carboxylic acids is 1. The molecule has 0 aromatic heterocycles. The van der Waals surface area contributed by atoms with E-state index in [2.05, 4.69) is 10.6 Å². The minimum Gasteiger partial charge on any atom is -0.481 e. The van der Waals surface area contributed by atoms with Crippen molar-refractivity contribution in [3.63, 3.8) is 0 Å². The molecular formula is C14H22N2O4. The minimum atomic E-state index is -0.780. The first-order chi connectivity index (χ1) is 9.48. The first-order valence-corrected chi connectivity index (χ1v) is 7.38. The number of amides is 2. The van der Waals surface area contributed by atoms with E-state index in [-0.39, 0.29) is 23.5 Å². The van der Waals surface area contributed by atoms with Crippen LogP contribution in [-0.4, -0.2) is 41.9 Å². The van der Waals surface area contributed by atoms with E-state index in [0.29, 0.717) is 19.1 Å². The van der Waals surface area contributed by atoms with Crippen molar-refractivity contribution < 1.29 is 19.4 Å². The molecule has 2 saturated carbocycles. The number of carboxylic acids is 1. The Morgan fingerprint density at radius 2 is 2.05 bits per heavy atom. The predicted molar refractivity (Wildman–Crippen MR) is 71.3 cm³/mol. The number of carboxylic acid groups (broad SMARTS) is 1. The zero-order valence-electron chi connectivity index (χ0n) is 11.7. The van der Waals surface area contributed by atoms with E-state index < -0.39 is 11.9 Å². The summed E-state index contributed by atoms with van der Waals surface area (Å²) in [5.41, 5.74) is -0.333. The van der Waals surface area contributed by atoms with Crippen LogP contribution < -0.4 is 10.6 Å². The molecule has 2 amide bonds. The monoisotopic (exact) mass is 282 g/mol. The van der Waals surface area contributed by atoms with Gasteiger partial charge in [-0.2, -0.15) is 0 Å². The molecule has 20 heavy (non-hydrogen) atoms. The third-order valence-electron chi connectivity index (χ3n) is 5.13. The summed E-state index contributed by atoms with van der Waals surface area (Å²) in [6.45, 7) is 3.12. The van der Waals surface area contributed by atoms with Crippen LogP contribution >= 0.6 is 0 Å². The van der Waals surface area contributed by atoms with Gasteiger partial charge in [0.15, 0.2) is 0 Å². The third kappa shape index (κ3) is 2.37. The molecule has 3 rings (SSSR count). The highest BCUT2D eigenvalue weighted by molar-refractivity contribution is 5.78. The van der Waals surface area contributed by atoms with Crippen molar-refractivity contribution in [3.8, 4) is 0 Å². The van der Waals surface area contributed by atoms with Gasteiger partial charge in [-0.3, -0.25) is 4.79 Å². The van der Waals surface area contributed by atoms with Crippen molar-refractivity contribution >= 4 is 12.0 Å². The topological polar surface area (TPSA) is 87.7 Å². The Kier molecular flexibility index (Phi) is 3.36. The van der Waals surface area contributed by atoms with E-state index in [4.69, 9.17) is 4.74 Å². The van der Waals surface area contributed by atoms with E-state index in [0.717, 1.165) is 25.7 Å². The number of rotatable bonds is 3. The van der Waals surface area contributed by atoms with Gasteiger partial charge in [0.05, 0.1) is 18.1 Å². The molecule has 0 aromatic carbocycles. The highest BCUT2D eigenvalue weighted by atomic mass is 16.5. The summed E-state index contributed by atoms with van der Waals surface area (Å²) in [7, 11) is 0. The van der Waals surface area contributed by atoms with Gasteiger partial charge in [-0.25, -0.2) is 4.79 Å². The molecule has 0 radical (unpaired) electrons. The normalized spacial score (nSPS) is 42.6. The average Bonchev–Trinajstić information content (AvgIpc) is 3.04. The molecule has 2 aliphatic carbocycles. The molecule has 1 heterocycles. The molecule has 0 aromatic rings. The van der Waals surface area contributed by atoms with Crippen LogP contribution in [0, 0.1) is 17.8 Å². The van der Waals surface area contributed by atoms with Crippen molar-refractivity contribution in [1.82, 2.24) is 10.6 Å². The lowest BCUT2D eigenvalue weighted by atomic mass is 9.84. The van der Waals surface area contributed by atoms with E-state index in [1.54, 1.807) is 0 Å². The van der Waals surface area contributed by atoms with Gasteiger partial charge in [0, 0.05) is 12.6 Å². The van der Waals surface area contributed by atoms with Gasteiger partial charge in [-0.1, -0.05) is 0 Å². The smallest absolute Gasteiger partial charge is 0.315 e. The molecule has 5 atom stereocenters. The second-order valence-electron chi connectivity index (χ2n) is 6.68. The molecule has 6 nitrogen and oxygen atoms in total. The van der Waals surface area contributed by atoms with E-state index in [1.807, 2.05) is 6.92 Å². The Morgan fingerprint density at radius 1 is 1.30 bits per heavy atom. The zero-order valence-corrected chi connectivity index (χ0v) is 11.7. The Balaban J connectivity index is 1.62. The molecule has 1 aliphatic heterocycles. The maximum atomic E-state index is 12.1. The van der Waals surface area contributed by atoms with Gasteiger partial charge < -0.3 is 20.5 Å². The highest BCUT2D eigenvalue weighted by Gasteiger charge is 2.51. The van der Waals surface area contributed by atoms with E-state index in [9.17, 15) is 14.7 Å². The molecule has 1 saturated heterocycles. The fourth-order valence-electron chi connectivity index (χ4n) is 4.08. The van der Waals surface area contributed by atoms with Crippen molar-refractivity contribution in [2.75, 3.05) is 13.2 Å². The second-order valence-corrected chi connectivity index (χ2v) is 6.68. The first-order valence-electron chi connectivity index (χ1n) is 7.38. The van der Waals surface area contributed by atoms with Gasteiger partial charge in [-0.15, -0.1) is 0 Å². The van der Waals surface area contributed by atoms with Crippen LogP contribution in [0.2, 0.25) is 0 Å². The number of hydrogen-bond donors (Lipinski definition) is 3. The van der Waals surface area contributed by atoms with Crippen LogP contribution in [0.3, 0.4) is 0 Å². The summed E-state index contributed by atoms with van der Waals surface area (Å²) >= 11 is 0. The molecule has 0 spiro atoms. The maximum absolute atomic E-state index is 12.1. The van der Waals surface area contributed by atoms with Gasteiger partial charge in [0.1, 0.15) is 0 Å². The first kappa shape index (κ1) is 13.7. The number of carbonyl (C=O) groups is 2. The number of nitrogens with one attached hydrogen (secondary N) is 2. The predicted octanol–water partition coefficient (Wildman–Crippen LogP) is 0.964. The molecular weight excluding hydrogens is 260 g/mol. The Bertz CT molecular complexity index is 419. The lowest BCUT2D eigenvalue weighted by Crippen LogP contribution is -2.56. The average molecular weight is 282 g/mol. The summed E-state index contributed by atoms with van der Waals surface area (Å²) in [6.07, 6.45) is 3.73. The zero-order chi connectivity index (χ0) is 14.3. The number of fused-ring (bicyclic) bond motifs is 2. The van der Waals surface area contributed by atoms with Crippen LogP contribution in [0.1, 0.15) is 32.6 Å². The third-order valence-corrected chi connectivity index (χ3v) is 5.13. The molecule has 6 heteroatoms. The van der Waals surface area contributed by atoms with E-state index in [1.165, 1.54) is 0 Å². The maximum Gasteiger partial charge on any atom is 0.315 e. The van der Waals surface area contributed by atoms with Gasteiger partial charge >= 0.3 is 12.0 Å². The van der Waals surface area contributed by atoms with Crippen LogP contribution in [-0.2, 0) is 9.53 Å². The second kappa shape index (κ2) is 4.91. The van der Waals surface area contributed by atoms with Gasteiger partial charge in [0.25, 0.3) is 0 Å². The van der Waals surface area contributed by atoms with Gasteiger partial charge in [-0.05, 0) is 44.4 Å². The minimum absolute atomic E-state index is 0.225. The summed E-state index contributed by atoms with van der Waals surface area (Å²) in [5.74, 6) is -0.655. The van der Waals surface area contributed by atoms with Crippen LogP contribution in [0.15, 0.2) is 0 Å². The highest BCUT2D eigenvalue weighted by Crippen LogP contribution is 2.48. The van der Waals surface area contributed by atoms with Crippen LogP contribution in [0.4, 0.5) is 4.79 Å². The molecule has 2 bridgehead atoms. The number of ether oxygens (including phenoxy) is 1. The molecule has 3 N–H and O–H groups in total. The fraction of sp³-hybridized carbons (Fsp3) is 0.857. The standard InChI is InChI=1S/C14H22N2O4/c1-14(4-5-20-7-14)16-13(19)15-11-9-3-2-8(6-9)10(11)12(17)18/h8-11H,2-7H2,1H3,(H,17,18)(H2,15,16,19). The lowest BCUT2D eigenvalue weighted by Gasteiger charge is -2.31. The van der Waals surface area contributed by atoms with Crippen LogP contribution in [0.5, 0.6) is 0 Å². The fourth-order valence-corrected chi connectivity index (χ4v) is 4.08. The number of hydrogen-bond acceptors (Lipinski definition) is 3. The number of urea groups is 1. The van der Waals surface area contributed by atoms with Crippen molar-refractivity contribution in [3.05, 3.63) is 0 Å². The summed E-state index contributed by atoms with van der Waals surface area (Å²) in [6, 6.07) is -0.487. The van der Waals surface area contributed by atoms with Gasteiger partial charge in [0.2, 0.25) is 0 Å². The Labute approximate surface area is 118 Å². The number of carbonyl (C=O) groups excluding carboxylic acids is 1. The summed E-state index contributed by atoms with van der Waals surface area (Å²) in [5, 5.41) is 15.2. The SMILES string of the molecule is CC1(NC(=O)NC2C3CCC(C3)C2C(=O)O)CCOC1. The van der Waals surface area contributed by atoms with E-state index >= 15 is 0 Å². The molecule has 3 fully saturated rings. The molecule has 3 aliphatic rings. The van der Waals surface area contributed by atoms with Crippen molar-refractivity contribution in [1.29, 1.82) is 0 Å². The molecule has 5 unspecified atom stereocenters. The van der Waals surface area contributed by atoms with Crippen LogP contribution in [0.25, 0.3) is 0 Å². The summed E-state index contributed by atoms with van der Waals surface area (Å²) < 4.78 is 5.30. The van der Waals surface area contributed by atoms with Crippen molar-refractivity contribution in [2.45, 2.75) is 44.2 Å². The molecule has 112 valence electrons. The lowest BCUT2D eigenvalue weighted by molar-refractivity contribution is -0.144. The summed E-state index contributed by atoms with van der Waals surface area (Å²) in [4.78, 5) is 23.5. The largest absolute Gasteiger partial charge is 0.481 e. The quantitative estimate of drug-likeness (QED) is 0.719. The van der Waals surface area contributed by atoms with Crippen molar-refractivity contribution in [2.24, 2.45) is 17.8 Å². The Morgan fingerprint density at radius 3 is 2.70 bits per heavy atom. The Hall–Kier alpha value is -1.30.